The lowest BCUT2D eigenvalue weighted by Crippen LogP contribution is -2.17. The first-order chi connectivity index (χ1) is 14.1. The van der Waals surface area contributed by atoms with Crippen LogP contribution in [0.5, 0.6) is 5.75 Å². The molecule has 0 aliphatic heterocycles. The van der Waals surface area contributed by atoms with E-state index >= 15 is 0 Å². The van der Waals surface area contributed by atoms with Crippen LogP contribution < -0.4 is 21.3 Å². The average molecular weight is 403 g/mol. The van der Waals surface area contributed by atoms with E-state index < -0.39 is 11.1 Å². The summed E-state index contributed by atoms with van der Waals surface area (Å²) in [4.78, 5) is 31.9. The van der Waals surface area contributed by atoms with Gasteiger partial charge in [0.05, 0.1) is 18.2 Å². The molecule has 4 aromatic rings. The number of methoxy groups -OCH3 is 1. The van der Waals surface area contributed by atoms with Crippen LogP contribution in [0, 0.1) is 11.3 Å². The second kappa shape index (κ2) is 7.53. The van der Waals surface area contributed by atoms with Crippen molar-refractivity contribution in [1.29, 1.82) is 5.26 Å². The van der Waals surface area contributed by atoms with Gasteiger partial charge in [-0.15, -0.1) is 11.3 Å². The predicted octanol–water partition coefficient (Wildman–Crippen LogP) is 2.85. The number of nitrogens with one attached hydrogen (secondary N) is 2. The summed E-state index contributed by atoms with van der Waals surface area (Å²) in [6.07, 6.45) is 0. The molecule has 0 saturated carbocycles. The van der Waals surface area contributed by atoms with Crippen molar-refractivity contribution in [2.24, 2.45) is 5.10 Å². The van der Waals surface area contributed by atoms with Crippen molar-refractivity contribution < 1.29 is 4.74 Å². The van der Waals surface area contributed by atoms with E-state index in [9.17, 15) is 14.9 Å². The standard InChI is InChI=1S/C20H13N5O3S/c1-28-12-8-6-11(7-9-12)24-25-15(10-21)20-23-18(26)16-13-4-2-3-5-14(13)22-19(27)17(16)29-20/h2-9,24H,1H3,(H,22,27)/b25-15+. The van der Waals surface area contributed by atoms with Crippen molar-refractivity contribution in [3.8, 4) is 11.8 Å². The van der Waals surface area contributed by atoms with E-state index in [1.165, 1.54) is 0 Å². The number of anilines is 1. The van der Waals surface area contributed by atoms with Crippen molar-refractivity contribution in [3.05, 3.63) is 74.2 Å². The number of hydrogen-bond acceptors (Lipinski definition) is 8. The minimum absolute atomic E-state index is 0.0618. The Balaban J connectivity index is 1.80. The highest BCUT2D eigenvalue weighted by Gasteiger charge is 2.15. The van der Waals surface area contributed by atoms with Gasteiger partial charge in [0.2, 0.25) is 0 Å². The molecule has 9 heteroatoms. The number of nitriles is 1. The van der Waals surface area contributed by atoms with Crippen LogP contribution in [0.1, 0.15) is 5.01 Å². The van der Waals surface area contributed by atoms with Crippen LogP contribution in [0.4, 0.5) is 5.69 Å². The van der Waals surface area contributed by atoms with Gasteiger partial charge in [-0.05, 0) is 30.3 Å². The maximum Gasteiger partial charge on any atom is 0.280 e. The first-order valence-electron chi connectivity index (χ1n) is 8.45. The number of hydrazone groups is 1. The third-order valence-corrected chi connectivity index (χ3v) is 5.26. The Morgan fingerprint density at radius 1 is 1.21 bits per heavy atom. The van der Waals surface area contributed by atoms with Crippen LogP contribution in [0.3, 0.4) is 0 Å². The van der Waals surface area contributed by atoms with Gasteiger partial charge < -0.3 is 9.72 Å². The number of aromatic amines is 1. The average Bonchev–Trinajstić information content (AvgIpc) is 2.75. The zero-order valence-electron chi connectivity index (χ0n) is 15.1. The molecule has 0 spiro atoms. The largest absolute Gasteiger partial charge is 0.497 e. The molecular weight excluding hydrogens is 390 g/mol. The monoisotopic (exact) mass is 403 g/mol. The Morgan fingerprint density at radius 3 is 2.69 bits per heavy atom. The molecule has 2 aromatic heterocycles. The molecule has 0 fully saturated rings. The number of pyridine rings is 1. The van der Waals surface area contributed by atoms with Crippen LogP contribution in [0.2, 0.25) is 0 Å². The number of rotatable bonds is 4. The highest BCUT2D eigenvalue weighted by atomic mass is 32.1. The van der Waals surface area contributed by atoms with E-state index in [0.29, 0.717) is 22.3 Å². The number of para-hydroxylation sites is 1. The van der Waals surface area contributed by atoms with Gasteiger partial charge in [0.25, 0.3) is 11.1 Å². The first kappa shape index (κ1) is 18.3. The zero-order valence-corrected chi connectivity index (χ0v) is 15.9. The maximum atomic E-state index is 12.7. The fraction of sp³-hybridized carbons (Fsp3) is 0.0500. The number of nitrogens with zero attached hydrogens (tertiary/aromatic N) is 3. The highest BCUT2D eigenvalue weighted by Crippen LogP contribution is 2.22. The van der Waals surface area contributed by atoms with Crippen LogP contribution in [0.25, 0.3) is 21.0 Å². The molecule has 0 aliphatic rings. The van der Waals surface area contributed by atoms with Crippen LogP contribution in [0.15, 0.2) is 63.2 Å². The van der Waals surface area contributed by atoms with E-state index in [0.717, 1.165) is 11.3 Å². The quantitative estimate of drug-likeness (QED) is 0.307. The molecule has 2 N–H and O–H groups in total. The summed E-state index contributed by atoms with van der Waals surface area (Å²) in [5.41, 5.74) is 2.83. The van der Waals surface area contributed by atoms with E-state index in [1.54, 1.807) is 55.6 Å². The van der Waals surface area contributed by atoms with Crippen molar-refractivity contribution in [2.75, 3.05) is 12.5 Å². The van der Waals surface area contributed by atoms with E-state index in [2.05, 4.69) is 20.5 Å². The van der Waals surface area contributed by atoms with E-state index in [-0.39, 0.29) is 20.8 Å². The first-order valence-corrected chi connectivity index (χ1v) is 9.26. The summed E-state index contributed by atoms with van der Waals surface area (Å²) in [6, 6.07) is 15.9. The van der Waals surface area contributed by atoms with Crippen molar-refractivity contribution in [2.45, 2.75) is 0 Å². The molecule has 8 nitrogen and oxygen atoms in total. The molecule has 0 radical (unpaired) electrons. The second-order valence-electron chi connectivity index (χ2n) is 5.94. The van der Waals surface area contributed by atoms with Gasteiger partial charge in [-0.1, -0.05) is 18.2 Å². The summed E-state index contributed by atoms with van der Waals surface area (Å²) in [7, 11) is 1.56. The third-order valence-electron chi connectivity index (χ3n) is 4.19. The molecule has 0 unspecified atom stereocenters. The molecule has 0 bridgehead atoms. The lowest BCUT2D eigenvalue weighted by molar-refractivity contribution is 0.415. The normalized spacial score (nSPS) is 11.4. The number of fused-ring (bicyclic) bond motifs is 3. The zero-order chi connectivity index (χ0) is 20.4. The summed E-state index contributed by atoms with van der Waals surface area (Å²) >= 11 is 0.948. The van der Waals surface area contributed by atoms with Crippen LogP contribution in [-0.2, 0) is 0 Å². The van der Waals surface area contributed by atoms with Crippen molar-refractivity contribution in [3.63, 3.8) is 0 Å². The minimum Gasteiger partial charge on any atom is -0.497 e. The van der Waals surface area contributed by atoms with Gasteiger partial charge in [-0.25, -0.2) is 0 Å². The topological polar surface area (TPSA) is 120 Å². The molecule has 0 aliphatic carbocycles. The van der Waals surface area contributed by atoms with Gasteiger partial charge in [0, 0.05) is 10.9 Å². The smallest absolute Gasteiger partial charge is 0.280 e. The molecular formula is C20H13N5O3S. The molecule has 2 aromatic carbocycles. The number of ether oxygens (including phenoxy) is 1. The molecule has 0 amide bonds. The van der Waals surface area contributed by atoms with Gasteiger partial charge in [0.15, 0.2) is 10.7 Å². The van der Waals surface area contributed by atoms with Crippen molar-refractivity contribution in [1.82, 2.24) is 9.97 Å². The molecule has 0 atom stereocenters. The fourth-order valence-electron chi connectivity index (χ4n) is 2.81. The SMILES string of the molecule is COc1ccc(N/N=C(\C#N)c2nc(=O)c3c(s2)c(=O)[nH]c2ccccc23)cc1. The number of aromatic nitrogens is 2. The Kier molecular flexibility index (Phi) is 4.76. The van der Waals surface area contributed by atoms with Gasteiger partial charge in [0.1, 0.15) is 16.5 Å². The van der Waals surface area contributed by atoms with Crippen LogP contribution in [-0.4, -0.2) is 22.8 Å². The Hall–Kier alpha value is -4.03. The van der Waals surface area contributed by atoms with Gasteiger partial charge in [-0.2, -0.15) is 15.3 Å². The second-order valence-corrected chi connectivity index (χ2v) is 6.94. The van der Waals surface area contributed by atoms with E-state index in [1.807, 2.05) is 6.07 Å². The summed E-state index contributed by atoms with van der Waals surface area (Å²) < 4.78 is 5.29. The van der Waals surface area contributed by atoms with E-state index in [4.69, 9.17) is 4.74 Å². The highest BCUT2D eigenvalue weighted by molar-refractivity contribution is 7.20. The van der Waals surface area contributed by atoms with Gasteiger partial charge in [-0.3, -0.25) is 15.0 Å². The molecule has 29 heavy (non-hydrogen) atoms. The Morgan fingerprint density at radius 2 is 1.97 bits per heavy atom. The third kappa shape index (κ3) is 3.44. The fourth-order valence-corrected chi connectivity index (χ4v) is 3.76. The number of H-pyrrole nitrogens is 1. The molecule has 142 valence electrons. The predicted molar refractivity (Wildman–Crippen MR) is 113 cm³/mol. The molecule has 2 heterocycles. The molecule has 4 rings (SSSR count). The lowest BCUT2D eigenvalue weighted by atomic mass is 10.1. The number of hydrogen-bond donors (Lipinski definition) is 2. The Labute approximate surface area is 167 Å². The summed E-state index contributed by atoms with van der Waals surface area (Å²) in [5, 5.41) is 14.4. The minimum atomic E-state index is -0.580. The van der Waals surface area contributed by atoms with Crippen LogP contribution >= 0.6 is 11.3 Å². The summed E-state index contributed by atoms with van der Waals surface area (Å²) in [6.45, 7) is 0. The van der Waals surface area contributed by atoms with Gasteiger partial charge >= 0.3 is 0 Å². The van der Waals surface area contributed by atoms with Crippen molar-refractivity contribution >= 4 is 43.7 Å². The maximum absolute atomic E-state index is 12.7. The number of benzene rings is 2. The Bertz CT molecular complexity index is 1420. The lowest BCUT2D eigenvalue weighted by Gasteiger charge is -2.05. The summed E-state index contributed by atoms with van der Waals surface area (Å²) in [5.74, 6) is 0.681. The molecule has 0 saturated heterocycles.